The third-order valence-electron chi connectivity index (χ3n) is 6.38. The van der Waals surface area contributed by atoms with Crippen LogP contribution in [0.15, 0.2) is 39.5 Å². The summed E-state index contributed by atoms with van der Waals surface area (Å²) in [5.41, 5.74) is 1.73. The molecule has 5 rings (SSSR count). The Kier molecular flexibility index (Phi) is 6.16. The van der Waals surface area contributed by atoms with Gasteiger partial charge < -0.3 is 43.8 Å². The van der Waals surface area contributed by atoms with E-state index in [1.54, 1.807) is 31.2 Å². The number of aliphatic hydroxyl groups is 4. The van der Waals surface area contributed by atoms with Crippen molar-refractivity contribution in [3.8, 4) is 28.4 Å². The number of benzene rings is 2. The molecule has 5 atom stereocenters. The van der Waals surface area contributed by atoms with E-state index in [1.807, 2.05) is 6.92 Å². The Balaban J connectivity index is 1.54. The molecule has 0 saturated carbocycles. The van der Waals surface area contributed by atoms with Gasteiger partial charge in [0.2, 0.25) is 18.5 Å². The first-order valence-electron chi connectivity index (χ1n) is 11.3. The van der Waals surface area contributed by atoms with Crippen LogP contribution in [0.4, 0.5) is 0 Å². The molecule has 2 aliphatic rings. The summed E-state index contributed by atoms with van der Waals surface area (Å²) in [6.07, 6.45) is -6.60. The van der Waals surface area contributed by atoms with Crippen LogP contribution in [-0.2, 0) is 11.2 Å². The van der Waals surface area contributed by atoms with Crippen molar-refractivity contribution < 1.29 is 43.8 Å². The lowest BCUT2D eigenvalue weighted by Crippen LogP contribution is -2.60. The lowest BCUT2D eigenvalue weighted by Gasteiger charge is -2.39. The largest absolute Gasteiger partial charge is 0.462 e. The molecule has 0 amide bonds. The maximum Gasteiger partial charge on any atom is 0.231 e. The minimum Gasteiger partial charge on any atom is -0.462 e. The van der Waals surface area contributed by atoms with Crippen molar-refractivity contribution in [3.63, 3.8) is 0 Å². The summed E-state index contributed by atoms with van der Waals surface area (Å²) in [6, 6.07) is 8.46. The van der Waals surface area contributed by atoms with E-state index in [-0.39, 0.29) is 23.6 Å². The summed E-state index contributed by atoms with van der Waals surface area (Å²) in [6.45, 7) is 3.11. The second-order valence-corrected chi connectivity index (χ2v) is 8.56. The second-order valence-electron chi connectivity index (χ2n) is 8.56. The number of rotatable bonds is 5. The predicted octanol–water partition coefficient (Wildman–Crippen LogP) is 1.24. The Morgan fingerprint density at radius 3 is 2.54 bits per heavy atom. The second kappa shape index (κ2) is 9.14. The molecule has 2 aromatic carbocycles. The molecule has 35 heavy (non-hydrogen) atoms. The van der Waals surface area contributed by atoms with Gasteiger partial charge in [0.1, 0.15) is 41.5 Å². The Hall–Kier alpha value is -3.15. The molecule has 1 fully saturated rings. The number of aryl methyl sites for hydroxylation is 2. The summed E-state index contributed by atoms with van der Waals surface area (Å²) >= 11 is 0. The van der Waals surface area contributed by atoms with Crippen molar-refractivity contribution in [1.29, 1.82) is 0 Å². The molecule has 3 heterocycles. The molecule has 4 N–H and O–H groups in total. The van der Waals surface area contributed by atoms with Gasteiger partial charge in [0.05, 0.1) is 17.6 Å². The van der Waals surface area contributed by atoms with E-state index in [1.165, 1.54) is 6.07 Å². The van der Waals surface area contributed by atoms with Crippen LogP contribution in [0, 0.1) is 6.92 Å². The predicted molar refractivity (Wildman–Crippen MR) is 123 cm³/mol. The zero-order valence-corrected chi connectivity index (χ0v) is 19.1. The molecule has 10 heteroatoms. The van der Waals surface area contributed by atoms with E-state index in [2.05, 4.69) is 0 Å². The van der Waals surface area contributed by atoms with Crippen molar-refractivity contribution in [2.24, 2.45) is 0 Å². The molecular weight excluding hydrogens is 460 g/mol. The third kappa shape index (κ3) is 4.03. The van der Waals surface area contributed by atoms with Gasteiger partial charge in [0.25, 0.3) is 0 Å². The van der Waals surface area contributed by atoms with E-state index < -0.39 is 37.3 Å². The first-order chi connectivity index (χ1) is 16.8. The van der Waals surface area contributed by atoms with Gasteiger partial charge in [-0.05, 0) is 42.7 Å². The van der Waals surface area contributed by atoms with Crippen molar-refractivity contribution >= 4 is 11.0 Å². The molecule has 10 nitrogen and oxygen atoms in total. The number of ether oxygens (including phenoxy) is 4. The zero-order chi connectivity index (χ0) is 24.9. The molecule has 0 radical (unpaired) electrons. The fraction of sp³-hybridized carbons (Fsp3) is 0.400. The molecule has 0 unspecified atom stereocenters. The van der Waals surface area contributed by atoms with Crippen molar-refractivity contribution in [2.45, 2.75) is 51.0 Å². The fourth-order valence-electron chi connectivity index (χ4n) is 4.44. The van der Waals surface area contributed by atoms with Crippen LogP contribution in [0.25, 0.3) is 22.1 Å². The smallest absolute Gasteiger partial charge is 0.231 e. The van der Waals surface area contributed by atoms with Gasteiger partial charge in [0.15, 0.2) is 11.5 Å². The summed E-state index contributed by atoms with van der Waals surface area (Å²) in [5.74, 6) is 1.84. The molecule has 3 aromatic rings. The standard InChI is InChI=1S/C25H26O10/c1-3-12-6-14-17(8-16(12)34-25-24(30)23(29)22(28)19(9-26)35-25)33-11(2)20(21(14)27)13-4-5-15-18(7-13)32-10-31-15/h4-8,19,22-26,28-30H,3,9-10H2,1-2H3/t19-,22-,23+,24-,25-/m1/s1. The summed E-state index contributed by atoms with van der Waals surface area (Å²) in [5, 5.41) is 40.2. The molecule has 0 spiro atoms. The maximum atomic E-state index is 13.5. The van der Waals surface area contributed by atoms with E-state index in [0.717, 1.165) is 0 Å². The fourth-order valence-corrected chi connectivity index (χ4v) is 4.44. The quantitative estimate of drug-likeness (QED) is 0.415. The SMILES string of the molecule is CCc1cc2c(=O)c(-c3ccc4c(c3)OCO4)c(C)oc2cc1O[C@@H]1O[C@H](CO)[C@@H](O)[C@H](O)[C@H]1O. The van der Waals surface area contributed by atoms with E-state index >= 15 is 0 Å². The maximum absolute atomic E-state index is 13.5. The van der Waals surface area contributed by atoms with Crippen LogP contribution in [-0.4, -0.2) is 64.5 Å². The number of fused-ring (bicyclic) bond motifs is 2. The molecule has 1 saturated heterocycles. The van der Waals surface area contributed by atoms with Crippen LogP contribution in [0.1, 0.15) is 18.2 Å². The lowest BCUT2D eigenvalue weighted by molar-refractivity contribution is -0.277. The number of hydrogen-bond donors (Lipinski definition) is 4. The van der Waals surface area contributed by atoms with Crippen LogP contribution < -0.4 is 19.6 Å². The van der Waals surface area contributed by atoms with E-state index in [4.69, 9.17) is 23.4 Å². The average Bonchev–Trinajstić information content (AvgIpc) is 3.32. The topological polar surface area (TPSA) is 148 Å². The normalized spacial score (nSPS) is 25.7. The van der Waals surface area contributed by atoms with Crippen molar-refractivity contribution in [2.75, 3.05) is 13.4 Å². The Bertz CT molecular complexity index is 1310. The lowest BCUT2D eigenvalue weighted by atomic mass is 9.99. The molecule has 186 valence electrons. The third-order valence-corrected chi connectivity index (χ3v) is 6.38. The highest BCUT2D eigenvalue weighted by Gasteiger charge is 2.45. The average molecular weight is 486 g/mol. The van der Waals surface area contributed by atoms with E-state index in [0.29, 0.717) is 45.8 Å². The van der Waals surface area contributed by atoms with Crippen LogP contribution in [0.5, 0.6) is 17.2 Å². The van der Waals surface area contributed by atoms with Crippen LogP contribution >= 0.6 is 0 Å². The summed E-state index contributed by atoms with van der Waals surface area (Å²) in [4.78, 5) is 13.5. The van der Waals surface area contributed by atoms with Crippen molar-refractivity contribution in [1.82, 2.24) is 0 Å². The molecule has 2 aliphatic heterocycles. The first kappa shape index (κ1) is 23.6. The van der Waals surface area contributed by atoms with Crippen LogP contribution in [0.2, 0.25) is 0 Å². The molecular formula is C25H26O10. The highest BCUT2D eigenvalue weighted by Crippen LogP contribution is 2.37. The summed E-state index contributed by atoms with van der Waals surface area (Å²) in [7, 11) is 0. The highest BCUT2D eigenvalue weighted by molar-refractivity contribution is 5.85. The molecule has 1 aromatic heterocycles. The Labute approximate surface area is 199 Å². The van der Waals surface area contributed by atoms with Crippen molar-refractivity contribution in [3.05, 3.63) is 51.9 Å². The van der Waals surface area contributed by atoms with Gasteiger partial charge in [-0.3, -0.25) is 4.79 Å². The minimum absolute atomic E-state index is 0.126. The van der Waals surface area contributed by atoms with Gasteiger partial charge in [-0.2, -0.15) is 0 Å². The van der Waals surface area contributed by atoms with Gasteiger partial charge >= 0.3 is 0 Å². The molecule has 0 bridgehead atoms. The van der Waals surface area contributed by atoms with Gasteiger partial charge in [-0.25, -0.2) is 0 Å². The van der Waals surface area contributed by atoms with Crippen LogP contribution in [0.3, 0.4) is 0 Å². The zero-order valence-electron chi connectivity index (χ0n) is 19.1. The van der Waals surface area contributed by atoms with Gasteiger partial charge in [-0.15, -0.1) is 0 Å². The molecule has 0 aliphatic carbocycles. The van der Waals surface area contributed by atoms with E-state index in [9.17, 15) is 25.2 Å². The monoisotopic (exact) mass is 486 g/mol. The highest BCUT2D eigenvalue weighted by atomic mass is 16.7. The number of hydrogen-bond acceptors (Lipinski definition) is 10. The Morgan fingerprint density at radius 2 is 1.80 bits per heavy atom. The van der Waals surface area contributed by atoms with Gasteiger partial charge in [-0.1, -0.05) is 13.0 Å². The number of aliphatic hydroxyl groups excluding tert-OH is 4. The Morgan fingerprint density at radius 1 is 1.03 bits per heavy atom. The minimum atomic E-state index is -1.57. The first-order valence-corrected chi connectivity index (χ1v) is 11.3. The summed E-state index contributed by atoms with van der Waals surface area (Å²) < 4.78 is 28.1. The van der Waals surface area contributed by atoms with Gasteiger partial charge in [0, 0.05) is 6.07 Å².